The summed E-state index contributed by atoms with van der Waals surface area (Å²) in [6.07, 6.45) is 15.8. The van der Waals surface area contributed by atoms with Gasteiger partial charge in [-0.2, -0.15) is 0 Å². The van der Waals surface area contributed by atoms with E-state index in [2.05, 4.69) is 36.3 Å². The molecule has 0 aliphatic heterocycles. The van der Waals surface area contributed by atoms with Crippen LogP contribution in [0.3, 0.4) is 0 Å². The van der Waals surface area contributed by atoms with Crippen molar-refractivity contribution < 1.29 is 24.6 Å². The van der Waals surface area contributed by atoms with Gasteiger partial charge in [-0.05, 0) is 98.3 Å². The quantitative estimate of drug-likeness (QED) is 0.374. The van der Waals surface area contributed by atoms with Crippen LogP contribution in [0.4, 0.5) is 0 Å². The third-order valence-corrected chi connectivity index (χ3v) is 10.4. The SMILES string of the molecule is C#CC1(O)CCC2C3CCC4=CC(=NOCC(=O)NCc5ccc(C(=O)O)cc5)CCC4(C)C3CCC21C. The molecule has 1 amide bonds. The Kier molecular flexibility index (Phi) is 6.89. The van der Waals surface area contributed by atoms with E-state index in [1.165, 1.54) is 17.7 Å². The number of aromatic carboxylic acids is 1. The van der Waals surface area contributed by atoms with E-state index < -0.39 is 11.6 Å². The van der Waals surface area contributed by atoms with Crippen molar-refractivity contribution in [3.8, 4) is 12.3 Å². The van der Waals surface area contributed by atoms with Gasteiger partial charge < -0.3 is 20.4 Å². The molecule has 3 N–H and O–H groups in total. The Balaban J connectivity index is 1.17. The first kappa shape index (κ1) is 26.5. The lowest BCUT2D eigenvalue weighted by atomic mass is 9.46. The van der Waals surface area contributed by atoms with Gasteiger partial charge in [0.2, 0.25) is 0 Å². The van der Waals surface area contributed by atoms with Crippen molar-refractivity contribution >= 4 is 17.6 Å². The third kappa shape index (κ3) is 4.43. The van der Waals surface area contributed by atoms with E-state index in [4.69, 9.17) is 16.4 Å². The molecule has 1 aromatic carbocycles. The van der Waals surface area contributed by atoms with Gasteiger partial charge >= 0.3 is 5.97 Å². The number of nitrogens with one attached hydrogen (secondary N) is 1. The number of oxime groups is 1. The maximum Gasteiger partial charge on any atom is 0.335 e. The maximum atomic E-state index is 12.2. The zero-order valence-electron chi connectivity index (χ0n) is 22.3. The summed E-state index contributed by atoms with van der Waals surface area (Å²) in [6.45, 7) is 4.76. The molecule has 4 aliphatic rings. The average Bonchev–Trinajstić information content (AvgIpc) is 3.18. The topological polar surface area (TPSA) is 108 Å². The largest absolute Gasteiger partial charge is 0.478 e. The Morgan fingerprint density at radius 3 is 2.55 bits per heavy atom. The van der Waals surface area contributed by atoms with Gasteiger partial charge in [0, 0.05) is 12.0 Å². The summed E-state index contributed by atoms with van der Waals surface area (Å²) in [6, 6.07) is 6.39. The van der Waals surface area contributed by atoms with Gasteiger partial charge in [0.25, 0.3) is 5.91 Å². The molecule has 202 valence electrons. The molecular formula is C31H38N2O5. The normalized spacial score (nSPS) is 36.7. The fourth-order valence-corrected chi connectivity index (χ4v) is 8.09. The van der Waals surface area contributed by atoms with Crippen molar-refractivity contribution in [1.29, 1.82) is 0 Å². The molecule has 4 aliphatic carbocycles. The molecule has 6 atom stereocenters. The standard InChI is InChI=1S/C31H38N2O5/c1-4-31(37)16-13-26-24-10-9-22-17-23(11-14-29(22,2)25(24)12-15-30(26,31)3)33-38-19-27(34)32-18-20-5-7-21(8-6-20)28(35)36/h1,5-8,17,24-26,37H,9-16,18-19H2,2-3H3,(H,32,34)(H,35,36). The van der Waals surface area contributed by atoms with E-state index in [9.17, 15) is 14.7 Å². The molecule has 38 heavy (non-hydrogen) atoms. The van der Waals surface area contributed by atoms with Gasteiger partial charge in [0.05, 0.1) is 11.3 Å². The molecule has 0 bridgehead atoms. The second kappa shape index (κ2) is 9.89. The van der Waals surface area contributed by atoms with E-state index in [0.717, 1.165) is 56.2 Å². The number of hydrogen-bond donors (Lipinski definition) is 3. The van der Waals surface area contributed by atoms with E-state index in [-0.39, 0.29) is 28.9 Å². The highest BCUT2D eigenvalue weighted by atomic mass is 16.6. The summed E-state index contributed by atoms with van der Waals surface area (Å²) in [4.78, 5) is 28.6. The predicted octanol–water partition coefficient (Wildman–Crippen LogP) is 4.70. The van der Waals surface area contributed by atoms with Crippen molar-refractivity contribution in [2.75, 3.05) is 6.61 Å². The van der Waals surface area contributed by atoms with Gasteiger partial charge in [-0.3, -0.25) is 4.79 Å². The number of allylic oxidation sites excluding steroid dienone is 2. The molecule has 3 fully saturated rings. The van der Waals surface area contributed by atoms with Crippen molar-refractivity contribution in [2.24, 2.45) is 33.7 Å². The molecule has 3 saturated carbocycles. The zero-order chi connectivity index (χ0) is 27.1. The molecular weight excluding hydrogens is 480 g/mol. The number of nitrogens with zero attached hydrogens (tertiary/aromatic N) is 1. The van der Waals surface area contributed by atoms with Crippen LogP contribution >= 0.6 is 0 Å². The summed E-state index contributed by atoms with van der Waals surface area (Å²) in [5.41, 5.74) is 2.33. The van der Waals surface area contributed by atoms with E-state index in [1.54, 1.807) is 12.1 Å². The van der Waals surface area contributed by atoms with Crippen molar-refractivity contribution in [3.05, 3.63) is 47.0 Å². The number of carbonyl (C=O) groups is 2. The zero-order valence-corrected chi connectivity index (χ0v) is 22.3. The molecule has 0 aromatic heterocycles. The van der Waals surface area contributed by atoms with E-state index in [1.807, 2.05) is 0 Å². The smallest absolute Gasteiger partial charge is 0.335 e. The van der Waals surface area contributed by atoms with Gasteiger partial charge in [-0.15, -0.1) is 6.42 Å². The van der Waals surface area contributed by atoms with Crippen molar-refractivity contribution in [3.63, 3.8) is 0 Å². The molecule has 6 unspecified atom stereocenters. The number of carbonyl (C=O) groups excluding carboxylic acids is 1. The Hall–Kier alpha value is -3.11. The molecule has 1 aromatic rings. The lowest BCUT2D eigenvalue weighted by Crippen LogP contribution is -2.54. The minimum absolute atomic E-state index is 0.133. The molecule has 0 spiro atoms. The van der Waals surface area contributed by atoms with Gasteiger partial charge in [0.15, 0.2) is 6.61 Å². The van der Waals surface area contributed by atoms with Crippen LogP contribution < -0.4 is 5.32 Å². The summed E-state index contributed by atoms with van der Waals surface area (Å²) in [7, 11) is 0. The Morgan fingerprint density at radius 1 is 1.11 bits per heavy atom. The van der Waals surface area contributed by atoms with Crippen LogP contribution in [-0.2, 0) is 16.2 Å². The van der Waals surface area contributed by atoms with Crippen LogP contribution in [0, 0.1) is 40.9 Å². The minimum atomic E-state index is -0.979. The van der Waals surface area contributed by atoms with E-state index >= 15 is 0 Å². The summed E-state index contributed by atoms with van der Waals surface area (Å²) in [5, 5.41) is 27.2. The van der Waals surface area contributed by atoms with Crippen LogP contribution in [-0.4, -0.2) is 40.0 Å². The number of rotatable bonds is 6. The molecule has 0 saturated heterocycles. The Labute approximate surface area is 224 Å². The van der Waals surface area contributed by atoms with Crippen molar-refractivity contribution in [1.82, 2.24) is 5.32 Å². The molecule has 7 nitrogen and oxygen atoms in total. The lowest BCUT2D eigenvalue weighted by molar-refractivity contribution is -0.125. The highest BCUT2D eigenvalue weighted by Crippen LogP contribution is 2.67. The molecule has 7 heteroatoms. The van der Waals surface area contributed by atoms with Crippen LogP contribution in [0.1, 0.15) is 81.1 Å². The third-order valence-electron chi connectivity index (χ3n) is 10.4. The number of benzene rings is 1. The molecule has 0 heterocycles. The fraction of sp³-hybridized carbons (Fsp3) is 0.581. The maximum absolute atomic E-state index is 12.2. The number of carboxylic acids is 1. The Bertz CT molecular complexity index is 1210. The van der Waals surface area contributed by atoms with Crippen LogP contribution in [0.25, 0.3) is 0 Å². The van der Waals surface area contributed by atoms with E-state index in [0.29, 0.717) is 30.7 Å². The number of aliphatic hydroxyl groups is 1. The summed E-state index contributed by atoms with van der Waals surface area (Å²) >= 11 is 0. The fourth-order valence-electron chi connectivity index (χ4n) is 8.09. The highest BCUT2D eigenvalue weighted by molar-refractivity contribution is 5.96. The lowest BCUT2D eigenvalue weighted by Gasteiger charge is -2.58. The first-order valence-corrected chi connectivity index (χ1v) is 13.8. The number of fused-ring (bicyclic) bond motifs is 5. The van der Waals surface area contributed by atoms with Gasteiger partial charge in [-0.25, -0.2) is 4.79 Å². The minimum Gasteiger partial charge on any atom is -0.478 e. The monoisotopic (exact) mass is 518 g/mol. The van der Waals surface area contributed by atoms with Gasteiger partial charge in [-0.1, -0.05) is 42.6 Å². The second-order valence-corrected chi connectivity index (χ2v) is 12.1. The van der Waals surface area contributed by atoms with Crippen LogP contribution in [0.15, 0.2) is 41.1 Å². The second-order valence-electron chi connectivity index (χ2n) is 12.1. The predicted molar refractivity (Wildman–Crippen MR) is 144 cm³/mol. The first-order chi connectivity index (χ1) is 18.1. The summed E-state index contributed by atoms with van der Waals surface area (Å²) < 4.78 is 0. The first-order valence-electron chi connectivity index (χ1n) is 13.8. The molecule has 0 radical (unpaired) electrons. The average molecular weight is 519 g/mol. The number of carboxylic acid groups (broad SMARTS) is 1. The van der Waals surface area contributed by atoms with Crippen molar-refractivity contribution in [2.45, 2.75) is 77.4 Å². The van der Waals surface area contributed by atoms with Gasteiger partial charge in [0.1, 0.15) is 5.60 Å². The highest BCUT2D eigenvalue weighted by Gasteiger charge is 2.63. The Morgan fingerprint density at radius 2 is 1.84 bits per heavy atom. The number of hydrogen-bond acceptors (Lipinski definition) is 5. The van der Waals surface area contributed by atoms with Crippen LogP contribution in [0.2, 0.25) is 0 Å². The molecule has 5 rings (SSSR count). The summed E-state index contributed by atoms with van der Waals surface area (Å²) in [5.74, 6) is 3.18. The van der Waals surface area contributed by atoms with Crippen LogP contribution in [0.5, 0.6) is 0 Å². The number of amides is 1. The number of terminal acetylenes is 1.